The van der Waals surface area contributed by atoms with Crippen LogP contribution >= 0.6 is 0 Å². The lowest BCUT2D eigenvalue weighted by Crippen LogP contribution is -2.73. The van der Waals surface area contributed by atoms with Gasteiger partial charge in [0.2, 0.25) is 0 Å². The zero-order valence-corrected chi connectivity index (χ0v) is 23.3. The van der Waals surface area contributed by atoms with E-state index in [1.54, 1.807) is 14.2 Å². The molecule has 2 aliphatic heterocycles. The minimum atomic E-state index is -1.38. The largest absolute Gasteiger partial charge is 0.466 e. The summed E-state index contributed by atoms with van der Waals surface area (Å²) in [4.78, 5) is 31.0. The summed E-state index contributed by atoms with van der Waals surface area (Å²) in [5.74, 6) is -1.99. The summed E-state index contributed by atoms with van der Waals surface area (Å²) >= 11 is 0. The van der Waals surface area contributed by atoms with Crippen LogP contribution in [0.5, 0.6) is 0 Å². The first kappa shape index (κ1) is 29.3. The monoisotopic (exact) mass is 512 g/mol. The predicted octanol–water partition coefficient (Wildman–Crippen LogP) is 3.34. The Morgan fingerprint density at radius 2 is 1.53 bits per heavy atom. The Kier molecular flexibility index (Phi) is 10.2. The van der Waals surface area contributed by atoms with Gasteiger partial charge in [0.05, 0.1) is 37.4 Å². The van der Waals surface area contributed by atoms with E-state index in [-0.39, 0.29) is 24.0 Å². The van der Waals surface area contributed by atoms with Crippen molar-refractivity contribution in [3.8, 4) is 0 Å². The Balaban J connectivity index is 1.99. The first-order valence-electron chi connectivity index (χ1n) is 13.7. The van der Waals surface area contributed by atoms with Gasteiger partial charge in [-0.15, -0.1) is 0 Å². The molecule has 0 aromatic carbocycles. The Morgan fingerprint density at radius 1 is 0.917 bits per heavy atom. The Hall–Kier alpha value is -1.26. The van der Waals surface area contributed by atoms with E-state index in [1.807, 2.05) is 27.7 Å². The SMILES string of the molecule is CCOC(=O)C1CCC(OC(C(=O)OC(C)(C)C)(N2CCCC2)N2CCCC2(COC)COC)CC1. The number of ether oxygens (including phenoxy) is 5. The fourth-order valence-corrected chi connectivity index (χ4v) is 6.16. The molecule has 3 fully saturated rings. The molecule has 1 unspecified atom stereocenters. The fourth-order valence-electron chi connectivity index (χ4n) is 6.16. The molecule has 0 amide bonds. The molecule has 0 bridgehead atoms. The van der Waals surface area contributed by atoms with E-state index in [4.69, 9.17) is 23.7 Å². The summed E-state index contributed by atoms with van der Waals surface area (Å²) in [5.41, 5.74) is -1.18. The molecule has 0 aromatic rings. The average molecular weight is 513 g/mol. The van der Waals surface area contributed by atoms with E-state index in [0.29, 0.717) is 52.0 Å². The molecule has 0 radical (unpaired) electrons. The van der Waals surface area contributed by atoms with E-state index in [2.05, 4.69) is 9.80 Å². The standard InChI is InChI=1S/C27H48N2O7/c1-7-34-23(30)21-11-13-22(14-12-21)35-27(28-16-8-9-17-28,24(31)36-25(2,3)4)29-18-10-15-26(29,19-32-5)20-33-6/h21-22H,7-20H2,1-6H3. The normalized spacial score (nSPS) is 27.1. The van der Waals surface area contributed by atoms with Crippen LogP contribution in [-0.4, -0.2) is 98.5 Å². The van der Waals surface area contributed by atoms with Gasteiger partial charge in [-0.25, -0.2) is 9.69 Å². The highest BCUT2D eigenvalue weighted by Crippen LogP contribution is 2.43. The van der Waals surface area contributed by atoms with E-state index in [9.17, 15) is 9.59 Å². The van der Waals surface area contributed by atoms with Crippen molar-refractivity contribution in [1.82, 2.24) is 9.80 Å². The van der Waals surface area contributed by atoms with Crippen LogP contribution in [0.4, 0.5) is 0 Å². The van der Waals surface area contributed by atoms with Gasteiger partial charge in [-0.2, -0.15) is 0 Å². The average Bonchev–Trinajstić information content (AvgIpc) is 3.49. The molecule has 0 aromatic heterocycles. The molecule has 208 valence electrons. The summed E-state index contributed by atoms with van der Waals surface area (Å²) in [6.45, 7) is 11.0. The second-order valence-electron chi connectivity index (χ2n) is 11.5. The van der Waals surface area contributed by atoms with Crippen molar-refractivity contribution in [3.63, 3.8) is 0 Å². The third-order valence-corrected chi connectivity index (χ3v) is 7.61. The van der Waals surface area contributed by atoms with E-state index in [1.165, 1.54) is 0 Å². The van der Waals surface area contributed by atoms with Crippen molar-refractivity contribution in [2.24, 2.45) is 5.92 Å². The van der Waals surface area contributed by atoms with Gasteiger partial charge in [-0.1, -0.05) is 0 Å². The van der Waals surface area contributed by atoms with Gasteiger partial charge in [0.1, 0.15) is 5.60 Å². The summed E-state index contributed by atoms with van der Waals surface area (Å²) < 4.78 is 29.8. The molecule has 2 heterocycles. The summed E-state index contributed by atoms with van der Waals surface area (Å²) in [5, 5.41) is 0. The van der Waals surface area contributed by atoms with Crippen LogP contribution in [0.25, 0.3) is 0 Å². The number of rotatable bonds is 11. The topological polar surface area (TPSA) is 86.8 Å². The van der Waals surface area contributed by atoms with E-state index >= 15 is 0 Å². The number of esters is 2. The van der Waals surface area contributed by atoms with Crippen LogP contribution < -0.4 is 0 Å². The second-order valence-corrected chi connectivity index (χ2v) is 11.5. The zero-order chi connectivity index (χ0) is 26.4. The molecule has 3 aliphatic rings. The van der Waals surface area contributed by atoms with Crippen LogP contribution in [0.15, 0.2) is 0 Å². The number of likely N-dealkylation sites (tertiary alicyclic amines) is 2. The van der Waals surface area contributed by atoms with Gasteiger partial charge in [-0.05, 0) is 79.1 Å². The molecule has 1 aliphatic carbocycles. The lowest BCUT2D eigenvalue weighted by atomic mass is 9.87. The summed E-state index contributed by atoms with van der Waals surface area (Å²) in [7, 11) is 3.38. The molecule has 0 spiro atoms. The van der Waals surface area contributed by atoms with Gasteiger partial charge in [0.15, 0.2) is 0 Å². The van der Waals surface area contributed by atoms with Crippen LogP contribution in [0, 0.1) is 5.92 Å². The molecular formula is C27H48N2O7. The quantitative estimate of drug-likeness (QED) is 0.387. The molecule has 0 N–H and O–H groups in total. The molecule has 2 saturated heterocycles. The van der Waals surface area contributed by atoms with Crippen molar-refractivity contribution in [2.45, 2.75) is 102 Å². The lowest BCUT2D eigenvalue weighted by Gasteiger charge is -2.53. The molecule has 1 saturated carbocycles. The number of carbonyl (C=O) groups is 2. The van der Waals surface area contributed by atoms with Crippen LogP contribution in [0.2, 0.25) is 0 Å². The Morgan fingerprint density at radius 3 is 2.06 bits per heavy atom. The number of carbonyl (C=O) groups excluding carboxylic acids is 2. The highest BCUT2D eigenvalue weighted by Gasteiger charge is 2.62. The maximum Gasteiger partial charge on any atom is 0.371 e. The zero-order valence-electron chi connectivity index (χ0n) is 23.3. The minimum absolute atomic E-state index is 0.111. The number of nitrogens with zero attached hydrogens (tertiary/aromatic N) is 2. The lowest BCUT2D eigenvalue weighted by molar-refractivity contribution is -0.294. The third-order valence-electron chi connectivity index (χ3n) is 7.61. The van der Waals surface area contributed by atoms with Crippen LogP contribution in [-0.2, 0) is 33.3 Å². The van der Waals surface area contributed by atoms with E-state index < -0.39 is 17.0 Å². The minimum Gasteiger partial charge on any atom is -0.466 e. The van der Waals surface area contributed by atoms with Gasteiger partial charge >= 0.3 is 11.9 Å². The maximum absolute atomic E-state index is 14.3. The first-order valence-corrected chi connectivity index (χ1v) is 13.7. The third kappa shape index (κ3) is 6.41. The summed E-state index contributed by atoms with van der Waals surface area (Å²) in [6.07, 6.45) is 6.33. The number of methoxy groups -OCH3 is 2. The van der Waals surface area contributed by atoms with Crippen molar-refractivity contribution in [3.05, 3.63) is 0 Å². The van der Waals surface area contributed by atoms with E-state index in [0.717, 1.165) is 38.8 Å². The number of hydrogen-bond acceptors (Lipinski definition) is 9. The Bertz CT molecular complexity index is 720. The molecule has 3 rings (SSSR count). The number of hydrogen-bond donors (Lipinski definition) is 0. The highest BCUT2D eigenvalue weighted by molar-refractivity contribution is 5.79. The van der Waals surface area contributed by atoms with Crippen molar-refractivity contribution >= 4 is 11.9 Å². The fraction of sp³-hybridized carbons (Fsp3) is 0.926. The molecule has 9 nitrogen and oxygen atoms in total. The molecule has 36 heavy (non-hydrogen) atoms. The molecular weight excluding hydrogens is 464 g/mol. The predicted molar refractivity (Wildman–Crippen MR) is 135 cm³/mol. The van der Waals surface area contributed by atoms with Crippen LogP contribution in [0.1, 0.15) is 79.1 Å². The van der Waals surface area contributed by atoms with Gasteiger partial charge in [0, 0.05) is 33.9 Å². The second kappa shape index (κ2) is 12.5. The van der Waals surface area contributed by atoms with Gasteiger partial charge < -0.3 is 23.7 Å². The molecule has 9 heteroatoms. The smallest absolute Gasteiger partial charge is 0.371 e. The summed E-state index contributed by atoms with van der Waals surface area (Å²) in [6, 6.07) is 0. The first-order chi connectivity index (χ1) is 17.1. The molecule has 1 atom stereocenters. The maximum atomic E-state index is 14.3. The van der Waals surface area contributed by atoms with Gasteiger partial charge in [0.25, 0.3) is 5.85 Å². The highest BCUT2D eigenvalue weighted by atomic mass is 16.6. The van der Waals surface area contributed by atoms with Crippen LogP contribution in [0.3, 0.4) is 0 Å². The Labute approximate surface area is 217 Å². The van der Waals surface area contributed by atoms with Gasteiger partial charge in [-0.3, -0.25) is 9.69 Å². The van der Waals surface area contributed by atoms with Crippen molar-refractivity contribution < 1.29 is 33.3 Å². The van der Waals surface area contributed by atoms with Crippen molar-refractivity contribution in [1.29, 1.82) is 0 Å². The van der Waals surface area contributed by atoms with Crippen molar-refractivity contribution in [2.75, 3.05) is 53.7 Å².